The first kappa shape index (κ1) is 13.3. The molecule has 2 heterocycles. The van der Waals surface area contributed by atoms with E-state index in [1.807, 2.05) is 0 Å². The second kappa shape index (κ2) is 5.66. The Morgan fingerprint density at radius 3 is 2.94 bits per heavy atom. The molecule has 8 heteroatoms. The van der Waals surface area contributed by atoms with Crippen molar-refractivity contribution < 1.29 is 22.4 Å². The van der Waals surface area contributed by atoms with Crippen molar-refractivity contribution in [2.45, 2.75) is 31.5 Å². The van der Waals surface area contributed by atoms with Gasteiger partial charge in [-0.15, -0.1) is 0 Å². The third kappa shape index (κ3) is 3.95. The lowest BCUT2D eigenvalue weighted by Gasteiger charge is -2.18. The Morgan fingerprint density at radius 1 is 1.44 bits per heavy atom. The molecule has 0 aromatic carbocycles. The van der Waals surface area contributed by atoms with Crippen molar-refractivity contribution in [2.75, 3.05) is 19.7 Å². The lowest BCUT2D eigenvalue weighted by atomic mass is 10.00. The van der Waals surface area contributed by atoms with Crippen molar-refractivity contribution in [1.82, 2.24) is 15.5 Å². The van der Waals surface area contributed by atoms with Gasteiger partial charge in [-0.2, -0.15) is 18.2 Å². The molecule has 1 aliphatic heterocycles. The van der Waals surface area contributed by atoms with Gasteiger partial charge in [-0.3, -0.25) is 0 Å². The first-order valence-corrected chi connectivity index (χ1v) is 5.72. The minimum Gasteiger partial charge on any atom is -0.364 e. The Bertz CT molecular complexity index is 375. The maximum absolute atomic E-state index is 11.9. The van der Waals surface area contributed by atoms with Crippen LogP contribution in [0.3, 0.4) is 0 Å². The van der Waals surface area contributed by atoms with Crippen LogP contribution in [0.25, 0.3) is 0 Å². The van der Waals surface area contributed by atoms with E-state index in [1.165, 1.54) is 0 Å². The maximum Gasteiger partial charge on any atom is 0.411 e. The second-order valence-corrected chi connectivity index (χ2v) is 4.20. The lowest BCUT2D eigenvalue weighted by molar-refractivity contribution is -0.177. The van der Waals surface area contributed by atoms with Crippen LogP contribution in [0.2, 0.25) is 0 Å². The molecule has 1 fully saturated rings. The standard InChI is InChI=1S/C10H14F3N3O2/c11-10(12,13)6-17-5-8-15-9(18-16-8)7-2-1-3-14-4-7/h7,14H,1-6H2/t7-/m1/s1. The third-order valence-corrected chi connectivity index (χ3v) is 2.63. The predicted molar refractivity (Wildman–Crippen MR) is 54.9 cm³/mol. The molecular formula is C10H14F3N3O2. The molecule has 1 aromatic rings. The zero-order valence-corrected chi connectivity index (χ0v) is 9.66. The second-order valence-electron chi connectivity index (χ2n) is 4.20. The lowest BCUT2D eigenvalue weighted by Crippen LogP contribution is -2.28. The van der Waals surface area contributed by atoms with Crippen LogP contribution in [0.4, 0.5) is 13.2 Å². The van der Waals surface area contributed by atoms with Gasteiger partial charge in [0, 0.05) is 6.54 Å². The van der Waals surface area contributed by atoms with Gasteiger partial charge in [0.2, 0.25) is 5.89 Å². The highest BCUT2D eigenvalue weighted by atomic mass is 19.4. The first-order chi connectivity index (χ1) is 8.54. The minimum atomic E-state index is -4.33. The zero-order chi connectivity index (χ0) is 13.0. The topological polar surface area (TPSA) is 60.2 Å². The Kier molecular flexibility index (Phi) is 4.18. The quantitative estimate of drug-likeness (QED) is 0.896. The molecular weight excluding hydrogens is 251 g/mol. The predicted octanol–water partition coefficient (Wildman–Crippen LogP) is 1.62. The van der Waals surface area contributed by atoms with E-state index in [2.05, 4.69) is 20.2 Å². The van der Waals surface area contributed by atoms with E-state index in [4.69, 9.17) is 4.52 Å². The number of aromatic nitrogens is 2. The fraction of sp³-hybridized carbons (Fsp3) is 0.800. The number of halogens is 3. The SMILES string of the molecule is FC(F)(F)COCc1noc([C@@H]2CCCNC2)n1. The van der Waals surface area contributed by atoms with Gasteiger partial charge >= 0.3 is 6.18 Å². The molecule has 1 aromatic heterocycles. The summed E-state index contributed by atoms with van der Waals surface area (Å²) in [5, 5.41) is 6.80. The van der Waals surface area contributed by atoms with E-state index in [0.717, 1.165) is 25.9 Å². The van der Waals surface area contributed by atoms with Crippen LogP contribution in [0.1, 0.15) is 30.5 Å². The average Bonchev–Trinajstić information content (AvgIpc) is 2.77. The van der Waals surface area contributed by atoms with Crippen molar-refractivity contribution in [3.8, 4) is 0 Å². The molecule has 1 N–H and O–H groups in total. The molecule has 0 saturated carbocycles. The summed E-state index contributed by atoms with van der Waals surface area (Å²) in [7, 11) is 0. The molecule has 0 unspecified atom stereocenters. The molecule has 18 heavy (non-hydrogen) atoms. The highest BCUT2D eigenvalue weighted by Gasteiger charge is 2.28. The van der Waals surface area contributed by atoms with E-state index >= 15 is 0 Å². The van der Waals surface area contributed by atoms with Crippen LogP contribution in [0.5, 0.6) is 0 Å². The molecule has 2 rings (SSSR count). The summed E-state index contributed by atoms with van der Waals surface area (Å²) < 4.78 is 45.1. The molecule has 0 amide bonds. The minimum absolute atomic E-state index is 0.141. The van der Waals surface area contributed by atoms with Crippen molar-refractivity contribution in [1.29, 1.82) is 0 Å². The molecule has 1 saturated heterocycles. The molecule has 0 aliphatic carbocycles. The fourth-order valence-corrected chi connectivity index (χ4v) is 1.81. The normalized spacial score (nSPS) is 21.2. The summed E-state index contributed by atoms with van der Waals surface area (Å²) >= 11 is 0. The van der Waals surface area contributed by atoms with Crippen molar-refractivity contribution in [2.24, 2.45) is 0 Å². The molecule has 0 radical (unpaired) electrons. The Morgan fingerprint density at radius 2 is 2.28 bits per heavy atom. The third-order valence-electron chi connectivity index (χ3n) is 2.63. The summed E-state index contributed by atoms with van der Waals surface area (Å²) in [6.45, 7) is 0.127. The van der Waals surface area contributed by atoms with E-state index in [1.54, 1.807) is 0 Å². The fourth-order valence-electron chi connectivity index (χ4n) is 1.81. The number of hydrogen-bond acceptors (Lipinski definition) is 5. The van der Waals surface area contributed by atoms with Gasteiger partial charge in [-0.1, -0.05) is 5.16 Å². The number of nitrogens with one attached hydrogen (secondary N) is 1. The summed E-state index contributed by atoms with van der Waals surface area (Å²) in [6, 6.07) is 0. The highest BCUT2D eigenvalue weighted by Crippen LogP contribution is 2.21. The van der Waals surface area contributed by atoms with E-state index in [0.29, 0.717) is 5.89 Å². The van der Waals surface area contributed by atoms with Crippen molar-refractivity contribution >= 4 is 0 Å². The number of hydrogen-bond donors (Lipinski definition) is 1. The average molecular weight is 265 g/mol. The number of nitrogens with zero attached hydrogens (tertiary/aromatic N) is 2. The van der Waals surface area contributed by atoms with Crippen LogP contribution >= 0.6 is 0 Å². The number of alkyl halides is 3. The van der Waals surface area contributed by atoms with E-state index in [9.17, 15) is 13.2 Å². The molecule has 0 spiro atoms. The summed E-state index contributed by atoms with van der Waals surface area (Å²) in [5.74, 6) is 0.759. The summed E-state index contributed by atoms with van der Waals surface area (Å²) in [4.78, 5) is 4.04. The van der Waals surface area contributed by atoms with E-state index < -0.39 is 12.8 Å². The largest absolute Gasteiger partial charge is 0.411 e. The van der Waals surface area contributed by atoms with Crippen LogP contribution in [-0.2, 0) is 11.3 Å². The van der Waals surface area contributed by atoms with Crippen LogP contribution in [-0.4, -0.2) is 36.0 Å². The van der Waals surface area contributed by atoms with Gasteiger partial charge in [0.05, 0.1) is 5.92 Å². The zero-order valence-electron chi connectivity index (χ0n) is 9.66. The number of rotatable bonds is 4. The smallest absolute Gasteiger partial charge is 0.364 e. The summed E-state index contributed by atoms with van der Waals surface area (Å²) in [6.07, 6.45) is -2.37. The Labute approximate surface area is 102 Å². The maximum atomic E-state index is 11.9. The molecule has 0 bridgehead atoms. The number of ether oxygens (including phenoxy) is 1. The molecule has 1 atom stereocenters. The monoisotopic (exact) mass is 265 g/mol. The van der Waals surface area contributed by atoms with Crippen LogP contribution < -0.4 is 5.32 Å². The van der Waals surface area contributed by atoms with Crippen LogP contribution in [0.15, 0.2) is 4.52 Å². The first-order valence-electron chi connectivity index (χ1n) is 5.72. The Balaban J connectivity index is 1.82. The van der Waals surface area contributed by atoms with Gasteiger partial charge in [0.25, 0.3) is 0 Å². The van der Waals surface area contributed by atoms with Crippen molar-refractivity contribution in [3.05, 3.63) is 11.7 Å². The number of piperidine rings is 1. The van der Waals surface area contributed by atoms with Gasteiger partial charge in [0.1, 0.15) is 13.2 Å². The molecule has 1 aliphatic rings. The molecule has 102 valence electrons. The van der Waals surface area contributed by atoms with Gasteiger partial charge < -0.3 is 14.6 Å². The van der Waals surface area contributed by atoms with Gasteiger partial charge in [-0.25, -0.2) is 0 Å². The van der Waals surface area contributed by atoms with Crippen molar-refractivity contribution in [3.63, 3.8) is 0 Å². The van der Waals surface area contributed by atoms with Gasteiger partial charge in [-0.05, 0) is 19.4 Å². The van der Waals surface area contributed by atoms with Crippen LogP contribution in [0, 0.1) is 0 Å². The van der Waals surface area contributed by atoms with E-state index in [-0.39, 0.29) is 18.3 Å². The Hall–Kier alpha value is -1.15. The van der Waals surface area contributed by atoms with Gasteiger partial charge in [0.15, 0.2) is 5.82 Å². The molecule has 5 nitrogen and oxygen atoms in total. The summed E-state index contributed by atoms with van der Waals surface area (Å²) in [5.41, 5.74) is 0. The highest BCUT2D eigenvalue weighted by molar-refractivity contribution is 4.96.